The van der Waals surface area contributed by atoms with Crippen LogP contribution < -0.4 is 10.1 Å². The Bertz CT molecular complexity index is 421. The van der Waals surface area contributed by atoms with Gasteiger partial charge >= 0.3 is 0 Å². The van der Waals surface area contributed by atoms with E-state index in [1.54, 1.807) is 0 Å². The van der Waals surface area contributed by atoms with Crippen LogP contribution in [0.15, 0.2) is 24.3 Å². The van der Waals surface area contributed by atoms with Crippen molar-refractivity contribution in [2.75, 3.05) is 13.2 Å². The zero-order valence-electron chi connectivity index (χ0n) is 11.1. The second kappa shape index (κ2) is 7.18. The molecular formula is C16H21NO2. The van der Waals surface area contributed by atoms with E-state index in [1.165, 1.54) is 5.56 Å². The van der Waals surface area contributed by atoms with Crippen molar-refractivity contribution in [1.29, 1.82) is 0 Å². The van der Waals surface area contributed by atoms with E-state index in [1.807, 2.05) is 24.3 Å². The van der Waals surface area contributed by atoms with Gasteiger partial charge in [-0.3, -0.25) is 0 Å². The molecule has 0 aliphatic heterocycles. The molecule has 1 fully saturated rings. The van der Waals surface area contributed by atoms with Crippen LogP contribution in [0.4, 0.5) is 0 Å². The van der Waals surface area contributed by atoms with Gasteiger partial charge in [0.25, 0.3) is 0 Å². The van der Waals surface area contributed by atoms with Crippen molar-refractivity contribution in [2.24, 2.45) is 5.92 Å². The first-order valence-corrected chi connectivity index (χ1v) is 6.83. The summed E-state index contributed by atoms with van der Waals surface area (Å²) < 4.78 is 5.32. The van der Waals surface area contributed by atoms with Gasteiger partial charge in [0.15, 0.2) is 0 Å². The molecule has 2 N–H and O–H groups in total. The fraction of sp³-hybridized carbons (Fsp3) is 0.500. The van der Waals surface area contributed by atoms with E-state index < -0.39 is 0 Å². The molecule has 102 valence electrons. The molecule has 0 heterocycles. The van der Waals surface area contributed by atoms with Crippen LogP contribution in [0.3, 0.4) is 0 Å². The molecule has 0 bridgehead atoms. The number of terminal acetylenes is 1. The number of aliphatic hydroxyl groups excluding tert-OH is 1. The molecule has 0 amide bonds. The number of hydrogen-bond donors (Lipinski definition) is 2. The molecule has 1 aliphatic carbocycles. The Morgan fingerprint density at radius 1 is 1.32 bits per heavy atom. The molecule has 1 aromatic rings. The van der Waals surface area contributed by atoms with Crippen LogP contribution in [0.2, 0.25) is 0 Å². The Balaban J connectivity index is 1.72. The van der Waals surface area contributed by atoms with Crippen molar-refractivity contribution < 1.29 is 9.84 Å². The van der Waals surface area contributed by atoms with Crippen LogP contribution in [0.5, 0.6) is 5.75 Å². The molecule has 19 heavy (non-hydrogen) atoms. The number of ether oxygens (including phenoxy) is 1. The molecule has 3 nitrogen and oxygen atoms in total. The summed E-state index contributed by atoms with van der Waals surface area (Å²) in [5, 5.41) is 13.1. The van der Waals surface area contributed by atoms with E-state index in [4.69, 9.17) is 11.2 Å². The van der Waals surface area contributed by atoms with Gasteiger partial charge in [-0.25, -0.2) is 0 Å². The van der Waals surface area contributed by atoms with Crippen molar-refractivity contribution in [3.63, 3.8) is 0 Å². The third-order valence-electron chi connectivity index (χ3n) is 3.60. The summed E-state index contributed by atoms with van der Waals surface area (Å²) in [5.74, 6) is 3.66. The summed E-state index contributed by atoms with van der Waals surface area (Å²) >= 11 is 0. The van der Waals surface area contributed by atoms with Gasteiger partial charge < -0.3 is 15.2 Å². The fourth-order valence-electron chi connectivity index (χ4n) is 2.49. The molecule has 1 aliphatic rings. The van der Waals surface area contributed by atoms with Crippen LogP contribution in [-0.4, -0.2) is 24.4 Å². The maximum absolute atomic E-state index is 9.73. The Morgan fingerprint density at radius 2 is 2.11 bits per heavy atom. The molecule has 1 saturated carbocycles. The van der Waals surface area contributed by atoms with Crippen LogP contribution >= 0.6 is 0 Å². The highest BCUT2D eigenvalue weighted by Crippen LogP contribution is 2.24. The minimum absolute atomic E-state index is 0.118. The van der Waals surface area contributed by atoms with Crippen LogP contribution in [0.1, 0.15) is 24.8 Å². The molecule has 0 saturated heterocycles. The Labute approximate surface area is 115 Å². The summed E-state index contributed by atoms with van der Waals surface area (Å²) in [6, 6.07) is 7.92. The van der Waals surface area contributed by atoms with Crippen molar-refractivity contribution in [1.82, 2.24) is 5.32 Å². The van der Waals surface area contributed by atoms with E-state index in [2.05, 4.69) is 11.2 Å². The summed E-state index contributed by atoms with van der Waals surface area (Å²) in [4.78, 5) is 0. The summed E-state index contributed by atoms with van der Waals surface area (Å²) in [5.41, 5.74) is 1.21. The predicted molar refractivity (Wildman–Crippen MR) is 75.8 cm³/mol. The molecule has 0 radical (unpaired) electrons. The molecular weight excluding hydrogens is 238 g/mol. The standard InChI is InChI=1S/C16H21NO2/c1-2-10-19-15-8-6-13(7-9-15)11-17-12-14-4-3-5-16(14)18/h1,6-9,14,16-18H,3-5,10-12H2. The normalized spacial score (nSPS) is 22.1. The van der Waals surface area contributed by atoms with E-state index in [0.717, 1.165) is 38.1 Å². The van der Waals surface area contributed by atoms with E-state index in [0.29, 0.717) is 12.5 Å². The van der Waals surface area contributed by atoms with Crippen molar-refractivity contribution in [3.8, 4) is 18.1 Å². The van der Waals surface area contributed by atoms with Gasteiger partial charge in [-0.2, -0.15) is 0 Å². The third-order valence-corrected chi connectivity index (χ3v) is 3.60. The predicted octanol–water partition coefficient (Wildman–Crippen LogP) is 1.95. The molecule has 2 rings (SSSR count). The first kappa shape index (κ1) is 13.9. The van der Waals surface area contributed by atoms with Gasteiger partial charge in [-0.15, -0.1) is 6.42 Å². The molecule has 2 atom stereocenters. The second-order valence-corrected chi connectivity index (χ2v) is 5.03. The highest BCUT2D eigenvalue weighted by molar-refractivity contribution is 5.27. The lowest BCUT2D eigenvalue weighted by Crippen LogP contribution is -2.27. The number of hydrogen-bond acceptors (Lipinski definition) is 3. The second-order valence-electron chi connectivity index (χ2n) is 5.03. The monoisotopic (exact) mass is 259 g/mol. The largest absolute Gasteiger partial charge is 0.481 e. The van der Waals surface area contributed by atoms with Crippen LogP contribution in [0, 0.1) is 18.3 Å². The summed E-state index contributed by atoms with van der Waals surface area (Å²) in [6.07, 6.45) is 8.25. The fourth-order valence-corrected chi connectivity index (χ4v) is 2.49. The number of nitrogens with one attached hydrogen (secondary N) is 1. The minimum atomic E-state index is -0.118. The molecule has 1 aromatic carbocycles. The molecule has 0 aromatic heterocycles. The number of rotatable bonds is 6. The zero-order chi connectivity index (χ0) is 13.5. The summed E-state index contributed by atoms with van der Waals surface area (Å²) in [7, 11) is 0. The first-order chi connectivity index (χ1) is 9.29. The zero-order valence-corrected chi connectivity index (χ0v) is 11.1. The van der Waals surface area contributed by atoms with Crippen molar-refractivity contribution in [2.45, 2.75) is 31.9 Å². The van der Waals surface area contributed by atoms with E-state index >= 15 is 0 Å². The van der Waals surface area contributed by atoms with Gasteiger partial charge in [0.05, 0.1) is 6.10 Å². The van der Waals surface area contributed by atoms with Crippen LogP contribution in [0.25, 0.3) is 0 Å². The maximum Gasteiger partial charge on any atom is 0.148 e. The lowest BCUT2D eigenvalue weighted by atomic mass is 10.1. The SMILES string of the molecule is C#CCOc1ccc(CNCC2CCCC2O)cc1. The quantitative estimate of drug-likeness (QED) is 0.767. The Morgan fingerprint density at radius 3 is 2.74 bits per heavy atom. The number of benzene rings is 1. The van der Waals surface area contributed by atoms with Crippen molar-refractivity contribution in [3.05, 3.63) is 29.8 Å². The lowest BCUT2D eigenvalue weighted by molar-refractivity contribution is 0.131. The lowest BCUT2D eigenvalue weighted by Gasteiger charge is -2.15. The Kier molecular flexibility index (Phi) is 5.26. The number of aliphatic hydroxyl groups is 1. The first-order valence-electron chi connectivity index (χ1n) is 6.83. The molecule has 2 unspecified atom stereocenters. The van der Waals surface area contributed by atoms with Gasteiger partial charge in [-0.05, 0) is 36.5 Å². The van der Waals surface area contributed by atoms with Crippen molar-refractivity contribution >= 4 is 0 Å². The average molecular weight is 259 g/mol. The maximum atomic E-state index is 9.73. The van der Waals surface area contributed by atoms with E-state index in [9.17, 15) is 5.11 Å². The van der Waals surface area contributed by atoms with Gasteiger partial charge in [-0.1, -0.05) is 24.5 Å². The van der Waals surface area contributed by atoms with Crippen LogP contribution in [-0.2, 0) is 6.54 Å². The van der Waals surface area contributed by atoms with Gasteiger partial charge in [0, 0.05) is 13.1 Å². The highest BCUT2D eigenvalue weighted by atomic mass is 16.5. The smallest absolute Gasteiger partial charge is 0.148 e. The summed E-state index contributed by atoms with van der Waals surface area (Å²) in [6.45, 7) is 2.01. The topological polar surface area (TPSA) is 41.5 Å². The average Bonchev–Trinajstić information content (AvgIpc) is 2.84. The third kappa shape index (κ3) is 4.27. The van der Waals surface area contributed by atoms with Gasteiger partial charge in [0.1, 0.15) is 12.4 Å². The minimum Gasteiger partial charge on any atom is -0.481 e. The van der Waals surface area contributed by atoms with Gasteiger partial charge in [0.2, 0.25) is 0 Å². The molecule has 3 heteroatoms. The Hall–Kier alpha value is -1.50. The van der Waals surface area contributed by atoms with E-state index in [-0.39, 0.29) is 6.10 Å². The molecule has 0 spiro atoms. The highest BCUT2D eigenvalue weighted by Gasteiger charge is 2.24.